The summed E-state index contributed by atoms with van der Waals surface area (Å²) in [5.41, 5.74) is 12.4. The minimum atomic E-state index is -0.546. The predicted molar refractivity (Wildman–Crippen MR) is 96.9 cm³/mol. The highest BCUT2D eigenvalue weighted by molar-refractivity contribution is 7.14. The van der Waals surface area contributed by atoms with Crippen LogP contribution in [0.1, 0.15) is 22.3 Å². The number of rotatable bonds is 9. The van der Waals surface area contributed by atoms with Crippen LogP contribution in [0, 0.1) is 0 Å². The molecule has 0 atom stereocenters. The third-order valence-corrected chi connectivity index (χ3v) is 4.31. The minimum Gasteiger partial charge on any atom is -0.366 e. The molecule has 0 saturated carbocycles. The summed E-state index contributed by atoms with van der Waals surface area (Å²) < 4.78 is 0. The van der Waals surface area contributed by atoms with Crippen molar-refractivity contribution in [2.45, 2.75) is 13.0 Å². The Hall–Kier alpha value is -2.22. The van der Waals surface area contributed by atoms with E-state index in [1.54, 1.807) is 11.4 Å². The molecule has 0 spiro atoms. The molecule has 5 N–H and O–H groups in total. The molecule has 1 aromatic heterocycles. The standard InChI is InChI=1S/C17H22N4O2S/c18-8-4-9-21(11-13-5-2-1-3-6-13)12-15(22)20-17-14(16(19)23)7-10-24-17/h1-3,5-7,10H,4,8-9,11-12,18H2,(H2,19,23)(H,20,22). The molecular weight excluding hydrogens is 324 g/mol. The highest BCUT2D eigenvalue weighted by Gasteiger charge is 2.15. The first-order valence-corrected chi connectivity index (χ1v) is 8.61. The van der Waals surface area contributed by atoms with Crippen LogP contribution in [-0.2, 0) is 11.3 Å². The van der Waals surface area contributed by atoms with E-state index in [0.29, 0.717) is 23.7 Å². The van der Waals surface area contributed by atoms with E-state index in [0.717, 1.165) is 18.5 Å². The molecule has 0 aliphatic carbocycles. The largest absolute Gasteiger partial charge is 0.366 e. The zero-order chi connectivity index (χ0) is 17.4. The molecule has 1 aromatic carbocycles. The number of hydrogen-bond acceptors (Lipinski definition) is 5. The van der Waals surface area contributed by atoms with Crippen LogP contribution in [0.4, 0.5) is 5.00 Å². The quantitative estimate of drug-likeness (QED) is 0.642. The van der Waals surface area contributed by atoms with Gasteiger partial charge in [0.2, 0.25) is 5.91 Å². The highest BCUT2D eigenvalue weighted by Crippen LogP contribution is 2.22. The summed E-state index contributed by atoms with van der Waals surface area (Å²) in [6.07, 6.45) is 0.811. The second-order valence-corrected chi connectivity index (χ2v) is 6.33. The first-order valence-electron chi connectivity index (χ1n) is 7.73. The van der Waals surface area contributed by atoms with E-state index < -0.39 is 5.91 Å². The molecule has 0 saturated heterocycles. The molecule has 0 fully saturated rings. The van der Waals surface area contributed by atoms with Crippen molar-refractivity contribution < 1.29 is 9.59 Å². The van der Waals surface area contributed by atoms with Crippen LogP contribution in [0.5, 0.6) is 0 Å². The van der Waals surface area contributed by atoms with E-state index in [9.17, 15) is 9.59 Å². The summed E-state index contributed by atoms with van der Waals surface area (Å²) >= 11 is 1.28. The molecule has 0 aliphatic rings. The number of nitrogens with two attached hydrogens (primary N) is 2. The number of hydrogen-bond donors (Lipinski definition) is 3. The van der Waals surface area contributed by atoms with Crippen molar-refractivity contribution >= 4 is 28.2 Å². The molecule has 128 valence electrons. The van der Waals surface area contributed by atoms with E-state index in [4.69, 9.17) is 11.5 Å². The lowest BCUT2D eigenvalue weighted by Gasteiger charge is -2.21. The van der Waals surface area contributed by atoms with Gasteiger partial charge in [0.1, 0.15) is 5.00 Å². The zero-order valence-corrected chi connectivity index (χ0v) is 14.2. The number of anilines is 1. The monoisotopic (exact) mass is 346 g/mol. The molecule has 2 aromatic rings. The number of carbonyl (C=O) groups excluding carboxylic acids is 2. The maximum atomic E-state index is 12.3. The van der Waals surface area contributed by atoms with Gasteiger partial charge in [-0.15, -0.1) is 11.3 Å². The molecule has 2 amide bonds. The van der Waals surface area contributed by atoms with E-state index in [1.807, 2.05) is 35.2 Å². The predicted octanol–water partition coefficient (Wildman–Crippen LogP) is 1.64. The summed E-state index contributed by atoms with van der Waals surface area (Å²) in [6.45, 7) is 2.20. The minimum absolute atomic E-state index is 0.173. The van der Waals surface area contributed by atoms with Crippen molar-refractivity contribution in [3.63, 3.8) is 0 Å². The molecule has 0 radical (unpaired) electrons. The summed E-state index contributed by atoms with van der Waals surface area (Å²) in [7, 11) is 0. The lowest BCUT2D eigenvalue weighted by atomic mass is 10.2. The lowest BCUT2D eigenvalue weighted by Crippen LogP contribution is -2.34. The van der Waals surface area contributed by atoms with Gasteiger partial charge in [-0.05, 0) is 30.0 Å². The number of thiophene rings is 1. The number of carbonyl (C=O) groups is 2. The average Bonchev–Trinajstić information content (AvgIpc) is 3.01. The Balaban J connectivity index is 1.98. The lowest BCUT2D eigenvalue weighted by molar-refractivity contribution is -0.117. The molecule has 6 nitrogen and oxygen atoms in total. The van der Waals surface area contributed by atoms with Gasteiger partial charge in [-0.2, -0.15) is 0 Å². The first kappa shape index (κ1) is 18.1. The maximum Gasteiger partial charge on any atom is 0.251 e. The Morgan fingerprint density at radius 3 is 2.58 bits per heavy atom. The fraction of sp³-hybridized carbons (Fsp3) is 0.294. The maximum absolute atomic E-state index is 12.3. The number of amides is 2. The fourth-order valence-electron chi connectivity index (χ4n) is 2.34. The first-order chi connectivity index (χ1) is 11.6. The summed E-state index contributed by atoms with van der Waals surface area (Å²) in [5, 5.41) is 4.99. The summed E-state index contributed by atoms with van der Waals surface area (Å²) in [5.74, 6) is -0.719. The summed E-state index contributed by atoms with van der Waals surface area (Å²) in [4.78, 5) is 25.7. The normalized spacial score (nSPS) is 10.8. The van der Waals surface area contributed by atoms with Crippen LogP contribution in [0.25, 0.3) is 0 Å². The van der Waals surface area contributed by atoms with Gasteiger partial charge >= 0.3 is 0 Å². The van der Waals surface area contributed by atoms with Crippen molar-refractivity contribution in [3.05, 3.63) is 52.9 Å². The highest BCUT2D eigenvalue weighted by atomic mass is 32.1. The van der Waals surface area contributed by atoms with Crippen LogP contribution in [0.15, 0.2) is 41.8 Å². The van der Waals surface area contributed by atoms with Crippen molar-refractivity contribution in [2.75, 3.05) is 25.0 Å². The molecule has 7 heteroatoms. The Bertz CT molecular complexity index is 672. The molecule has 2 rings (SSSR count). The number of primary amides is 1. The van der Waals surface area contributed by atoms with Crippen molar-refractivity contribution in [3.8, 4) is 0 Å². The van der Waals surface area contributed by atoms with Crippen LogP contribution in [0.2, 0.25) is 0 Å². The van der Waals surface area contributed by atoms with Crippen LogP contribution in [0.3, 0.4) is 0 Å². The van der Waals surface area contributed by atoms with Gasteiger partial charge in [0.25, 0.3) is 5.91 Å². The smallest absolute Gasteiger partial charge is 0.251 e. The molecule has 0 aliphatic heterocycles. The Kier molecular flexibility index (Phi) is 6.92. The Morgan fingerprint density at radius 1 is 1.17 bits per heavy atom. The second-order valence-electron chi connectivity index (χ2n) is 5.41. The molecule has 0 bridgehead atoms. The number of benzene rings is 1. The summed E-state index contributed by atoms with van der Waals surface area (Å²) in [6, 6.07) is 11.6. The van der Waals surface area contributed by atoms with Crippen LogP contribution < -0.4 is 16.8 Å². The zero-order valence-electron chi connectivity index (χ0n) is 13.4. The van der Waals surface area contributed by atoms with Gasteiger partial charge in [0.05, 0.1) is 12.1 Å². The topological polar surface area (TPSA) is 101 Å². The second kappa shape index (κ2) is 9.17. The van der Waals surface area contributed by atoms with Crippen molar-refractivity contribution in [2.24, 2.45) is 11.5 Å². The van der Waals surface area contributed by atoms with Gasteiger partial charge in [-0.3, -0.25) is 14.5 Å². The van der Waals surface area contributed by atoms with Gasteiger partial charge in [0.15, 0.2) is 0 Å². The Morgan fingerprint density at radius 2 is 1.92 bits per heavy atom. The van der Waals surface area contributed by atoms with Gasteiger partial charge in [-0.25, -0.2) is 0 Å². The molecule has 0 unspecified atom stereocenters. The fourth-order valence-corrected chi connectivity index (χ4v) is 3.15. The van der Waals surface area contributed by atoms with E-state index in [2.05, 4.69) is 5.32 Å². The Labute approximate surface area is 145 Å². The van der Waals surface area contributed by atoms with Crippen molar-refractivity contribution in [1.82, 2.24) is 4.90 Å². The average molecular weight is 346 g/mol. The molecular formula is C17H22N4O2S. The van der Waals surface area contributed by atoms with E-state index in [-0.39, 0.29) is 12.5 Å². The molecule has 24 heavy (non-hydrogen) atoms. The van der Waals surface area contributed by atoms with Crippen molar-refractivity contribution in [1.29, 1.82) is 0 Å². The van der Waals surface area contributed by atoms with Crippen LogP contribution >= 0.6 is 11.3 Å². The third kappa shape index (κ3) is 5.45. The van der Waals surface area contributed by atoms with Gasteiger partial charge in [-0.1, -0.05) is 30.3 Å². The third-order valence-electron chi connectivity index (χ3n) is 3.48. The van der Waals surface area contributed by atoms with E-state index in [1.165, 1.54) is 11.3 Å². The molecule has 1 heterocycles. The van der Waals surface area contributed by atoms with E-state index >= 15 is 0 Å². The van der Waals surface area contributed by atoms with Gasteiger partial charge < -0.3 is 16.8 Å². The van der Waals surface area contributed by atoms with Crippen LogP contribution in [-0.4, -0.2) is 36.3 Å². The SMILES string of the molecule is NCCCN(CC(=O)Nc1sccc1C(N)=O)Cc1ccccc1. The number of nitrogens with one attached hydrogen (secondary N) is 1. The van der Waals surface area contributed by atoms with Gasteiger partial charge in [0, 0.05) is 13.1 Å². The number of nitrogens with zero attached hydrogens (tertiary/aromatic N) is 1.